The number of hydrazine groups is 1. The maximum Gasteiger partial charge on any atom is 0.397 e. The van der Waals surface area contributed by atoms with Crippen molar-refractivity contribution in [3.05, 3.63) is 53.0 Å². The average molecular weight is 443 g/mol. The molecule has 1 aliphatic rings. The number of hydrogen-bond acceptors (Lipinski definition) is 3. The Morgan fingerprint density at radius 2 is 2.17 bits per heavy atom. The van der Waals surface area contributed by atoms with Gasteiger partial charge in [-0.15, -0.1) is 0 Å². The predicted molar refractivity (Wildman–Crippen MR) is 112 cm³/mol. The highest BCUT2D eigenvalue weighted by atomic mass is 35.5. The fourth-order valence-corrected chi connectivity index (χ4v) is 2.89. The Kier molecular flexibility index (Phi) is 7.69. The number of rotatable bonds is 5. The monoisotopic (exact) mass is 442 g/mol. The van der Waals surface area contributed by atoms with Crippen LogP contribution in [0.15, 0.2) is 47.4 Å². The number of nitrogens with zero attached hydrogens (tertiary/aromatic N) is 3. The van der Waals surface area contributed by atoms with Crippen LogP contribution in [0.2, 0.25) is 5.02 Å². The molecule has 0 saturated heterocycles. The van der Waals surface area contributed by atoms with Gasteiger partial charge in [-0.1, -0.05) is 44.0 Å². The molecule has 164 valence electrons. The van der Waals surface area contributed by atoms with E-state index in [9.17, 15) is 18.0 Å². The van der Waals surface area contributed by atoms with Crippen molar-refractivity contribution < 1.29 is 18.0 Å². The van der Waals surface area contributed by atoms with E-state index in [1.807, 2.05) is 13.8 Å². The highest BCUT2D eigenvalue weighted by Crippen LogP contribution is 2.44. The van der Waals surface area contributed by atoms with Crippen LogP contribution >= 0.6 is 11.6 Å². The molecule has 0 saturated carbocycles. The first-order chi connectivity index (χ1) is 14.0. The van der Waals surface area contributed by atoms with E-state index in [-0.39, 0.29) is 24.1 Å². The van der Waals surface area contributed by atoms with Crippen LogP contribution in [-0.4, -0.2) is 34.5 Å². The average Bonchev–Trinajstić information content (AvgIpc) is 2.67. The molecule has 2 atom stereocenters. The smallest absolute Gasteiger partial charge is 0.279 e. The maximum absolute atomic E-state index is 13.3. The molecule has 0 radical (unpaired) electrons. The summed E-state index contributed by atoms with van der Waals surface area (Å²) in [6.07, 6.45) is 3.12. The molecule has 9 heteroatoms. The molecule has 2 unspecified atom stereocenters. The molecule has 5 nitrogen and oxygen atoms in total. The van der Waals surface area contributed by atoms with Gasteiger partial charge in [0, 0.05) is 31.4 Å². The normalized spacial score (nSPS) is 20.5. The van der Waals surface area contributed by atoms with Crippen molar-refractivity contribution >= 4 is 23.3 Å². The minimum Gasteiger partial charge on any atom is -0.279 e. The van der Waals surface area contributed by atoms with E-state index in [2.05, 4.69) is 15.4 Å². The number of carbonyl (C=O) groups excluding carboxylic acids is 1. The van der Waals surface area contributed by atoms with Crippen LogP contribution in [-0.2, 0) is 4.79 Å². The standard InChI is InChI=1S/C21H26ClF3N4O/c1-5-14(2)13-29(15(3)30)28-19(17-8-11-26-12-18(17)22)27-16-6-9-20(4,10-7-16)21(23,24)25/h6-9,11-12,14H,5,10,13H2,1-4H3,(H,27,28). The molecule has 1 heterocycles. The van der Waals surface area contributed by atoms with Crippen LogP contribution < -0.4 is 5.43 Å². The number of amides is 1. The molecule has 0 spiro atoms. The maximum atomic E-state index is 13.3. The molecule has 1 N–H and O–H groups in total. The van der Waals surface area contributed by atoms with Crippen LogP contribution in [0.3, 0.4) is 0 Å². The Balaban J connectivity index is 2.39. The van der Waals surface area contributed by atoms with Crippen molar-refractivity contribution in [2.75, 3.05) is 6.54 Å². The lowest BCUT2D eigenvalue weighted by Gasteiger charge is -2.30. The lowest BCUT2D eigenvalue weighted by atomic mass is 9.82. The lowest BCUT2D eigenvalue weighted by Crippen LogP contribution is -2.47. The summed E-state index contributed by atoms with van der Waals surface area (Å²) < 4.78 is 39.8. The van der Waals surface area contributed by atoms with Gasteiger partial charge in [0.2, 0.25) is 5.91 Å². The summed E-state index contributed by atoms with van der Waals surface area (Å²) in [6, 6.07) is 1.63. The molecule has 1 amide bonds. The summed E-state index contributed by atoms with van der Waals surface area (Å²) in [6.45, 7) is 7.04. The van der Waals surface area contributed by atoms with Gasteiger partial charge in [0.25, 0.3) is 0 Å². The summed E-state index contributed by atoms with van der Waals surface area (Å²) in [7, 11) is 0. The third-order valence-electron chi connectivity index (χ3n) is 5.09. The second kappa shape index (κ2) is 9.64. The Bertz CT molecular complexity index is 866. The van der Waals surface area contributed by atoms with Gasteiger partial charge in [-0.05, 0) is 31.4 Å². The third-order valence-corrected chi connectivity index (χ3v) is 5.39. The van der Waals surface area contributed by atoms with Crippen LogP contribution in [0.1, 0.15) is 46.1 Å². The van der Waals surface area contributed by atoms with Crippen molar-refractivity contribution in [3.8, 4) is 0 Å². The minimum atomic E-state index is -4.35. The molecular formula is C21H26ClF3N4O. The number of aliphatic imine (C=N–C) groups is 1. The molecule has 30 heavy (non-hydrogen) atoms. The van der Waals surface area contributed by atoms with Gasteiger partial charge < -0.3 is 0 Å². The van der Waals surface area contributed by atoms with Gasteiger partial charge in [0.15, 0.2) is 5.84 Å². The number of carbonyl (C=O) groups is 1. The number of hydrogen-bond donors (Lipinski definition) is 1. The fourth-order valence-electron chi connectivity index (χ4n) is 2.68. The van der Waals surface area contributed by atoms with Crippen LogP contribution in [0.5, 0.6) is 0 Å². The Morgan fingerprint density at radius 1 is 1.47 bits per heavy atom. The molecule has 1 aromatic rings. The second-order valence-electron chi connectivity index (χ2n) is 7.65. The van der Waals surface area contributed by atoms with Crippen molar-refractivity contribution in [1.29, 1.82) is 0 Å². The van der Waals surface area contributed by atoms with Gasteiger partial charge in [-0.3, -0.25) is 20.2 Å². The van der Waals surface area contributed by atoms with Crippen molar-refractivity contribution in [2.24, 2.45) is 16.3 Å². The first-order valence-corrected chi connectivity index (χ1v) is 10.0. The predicted octanol–water partition coefficient (Wildman–Crippen LogP) is 5.29. The summed E-state index contributed by atoms with van der Waals surface area (Å²) in [5.41, 5.74) is 1.90. The van der Waals surface area contributed by atoms with E-state index < -0.39 is 11.6 Å². The molecule has 1 aromatic heterocycles. The Labute approximate surface area is 179 Å². The summed E-state index contributed by atoms with van der Waals surface area (Å²) in [5, 5.41) is 1.73. The van der Waals surface area contributed by atoms with Crippen molar-refractivity contribution in [1.82, 2.24) is 15.4 Å². The van der Waals surface area contributed by atoms with Gasteiger partial charge in [0.1, 0.15) is 0 Å². The fraction of sp³-hybridized carbons (Fsp3) is 0.476. The summed E-state index contributed by atoms with van der Waals surface area (Å²) >= 11 is 6.26. The van der Waals surface area contributed by atoms with Gasteiger partial charge in [0.05, 0.1) is 16.1 Å². The zero-order valence-electron chi connectivity index (χ0n) is 17.4. The van der Waals surface area contributed by atoms with E-state index in [0.29, 0.717) is 22.8 Å². The first-order valence-electron chi connectivity index (χ1n) is 9.66. The largest absolute Gasteiger partial charge is 0.397 e. The summed E-state index contributed by atoms with van der Waals surface area (Å²) in [5.74, 6) is 0.273. The molecule has 1 aliphatic carbocycles. The van der Waals surface area contributed by atoms with E-state index in [1.54, 1.807) is 6.07 Å². The molecule has 0 bridgehead atoms. The number of halogens is 4. The van der Waals surface area contributed by atoms with Gasteiger partial charge in [-0.25, -0.2) is 4.99 Å². The second-order valence-corrected chi connectivity index (χ2v) is 8.06. The third kappa shape index (κ3) is 5.84. The molecule has 0 aliphatic heterocycles. The highest BCUT2D eigenvalue weighted by Gasteiger charge is 2.49. The summed E-state index contributed by atoms with van der Waals surface area (Å²) in [4.78, 5) is 20.6. The van der Waals surface area contributed by atoms with Crippen molar-refractivity contribution in [3.63, 3.8) is 0 Å². The number of amidine groups is 1. The highest BCUT2D eigenvalue weighted by molar-refractivity contribution is 6.34. The van der Waals surface area contributed by atoms with E-state index in [0.717, 1.165) is 19.4 Å². The van der Waals surface area contributed by atoms with Crippen LogP contribution in [0.4, 0.5) is 13.2 Å². The van der Waals surface area contributed by atoms with Gasteiger partial charge >= 0.3 is 6.18 Å². The lowest BCUT2D eigenvalue weighted by molar-refractivity contribution is -0.199. The topological polar surface area (TPSA) is 57.6 Å². The zero-order valence-corrected chi connectivity index (χ0v) is 18.2. The Hall–Kier alpha value is -2.35. The number of alkyl halides is 3. The molecule has 0 fully saturated rings. The van der Waals surface area contributed by atoms with E-state index in [1.165, 1.54) is 36.5 Å². The first kappa shape index (κ1) is 23.9. The van der Waals surface area contributed by atoms with Crippen molar-refractivity contribution in [2.45, 2.75) is 46.7 Å². The number of nitrogens with one attached hydrogen (secondary N) is 1. The molecular weight excluding hydrogens is 417 g/mol. The molecule has 0 aromatic carbocycles. The van der Waals surface area contributed by atoms with E-state index >= 15 is 0 Å². The number of aromatic nitrogens is 1. The Morgan fingerprint density at radius 3 is 2.67 bits per heavy atom. The van der Waals surface area contributed by atoms with Crippen LogP contribution in [0, 0.1) is 11.3 Å². The molecule has 2 rings (SSSR count). The SMILES string of the molecule is CCC(C)CN(NC(=NC1=CCC(C)(C(F)(F)F)C=C1)c1ccncc1Cl)C(C)=O. The van der Waals surface area contributed by atoms with E-state index in [4.69, 9.17) is 11.6 Å². The quantitative estimate of drug-likeness (QED) is 0.383. The zero-order chi connectivity index (χ0) is 22.5. The van der Waals surface area contributed by atoms with Crippen LogP contribution in [0.25, 0.3) is 0 Å². The number of pyridine rings is 1. The van der Waals surface area contributed by atoms with Gasteiger partial charge in [-0.2, -0.15) is 13.2 Å². The number of allylic oxidation sites excluding steroid dienone is 3. The minimum absolute atomic E-state index is 0.217.